The van der Waals surface area contributed by atoms with Crippen LogP contribution in [0.3, 0.4) is 0 Å². The van der Waals surface area contributed by atoms with E-state index in [1.54, 1.807) is 0 Å². The highest BCUT2D eigenvalue weighted by Crippen LogP contribution is 2.26. The van der Waals surface area contributed by atoms with Crippen molar-refractivity contribution < 1.29 is 4.74 Å². The second-order valence-corrected chi connectivity index (χ2v) is 5.58. The Balaban J connectivity index is 1.77. The van der Waals surface area contributed by atoms with Gasteiger partial charge in [0, 0.05) is 10.7 Å². The number of ether oxygens (including phenoxy) is 1. The average molecular weight is 284 g/mol. The molecular formula is C13H18BrNO. The van der Waals surface area contributed by atoms with Crippen LogP contribution in [0.1, 0.15) is 38.3 Å². The minimum Gasteiger partial charge on any atom is -0.372 e. The van der Waals surface area contributed by atoms with Gasteiger partial charge in [-0.3, -0.25) is 4.98 Å². The van der Waals surface area contributed by atoms with E-state index in [2.05, 4.69) is 27.8 Å². The van der Waals surface area contributed by atoms with Gasteiger partial charge in [-0.25, -0.2) is 0 Å². The highest BCUT2D eigenvalue weighted by molar-refractivity contribution is 9.10. The smallest absolute Gasteiger partial charge is 0.0891 e. The van der Waals surface area contributed by atoms with Crippen LogP contribution in [-0.2, 0) is 11.3 Å². The second kappa shape index (κ2) is 5.78. The maximum absolute atomic E-state index is 5.88. The molecule has 88 valence electrons. The largest absolute Gasteiger partial charge is 0.372 e. The number of pyridine rings is 1. The van der Waals surface area contributed by atoms with Gasteiger partial charge in [-0.1, -0.05) is 6.92 Å². The third-order valence-corrected chi connectivity index (χ3v) is 3.69. The lowest BCUT2D eigenvalue weighted by Gasteiger charge is -2.26. The molecule has 1 heterocycles. The minimum absolute atomic E-state index is 0.446. The van der Waals surface area contributed by atoms with Crippen LogP contribution >= 0.6 is 15.9 Å². The highest BCUT2D eigenvalue weighted by atomic mass is 79.9. The zero-order chi connectivity index (χ0) is 11.4. The molecule has 1 aliphatic carbocycles. The second-order valence-electron chi connectivity index (χ2n) is 4.66. The van der Waals surface area contributed by atoms with Gasteiger partial charge < -0.3 is 4.74 Å². The summed E-state index contributed by atoms with van der Waals surface area (Å²) in [5.74, 6) is 0.880. The predicted molar refractivity (Wildman–Crippen MR) is 68.1 cm³/mol. The molecule has 0 aromatic carbocycles. The Morgan fingerprint density at radius 1 is 1.31 bits per heavy atom. The third-order valence-electron chi connectivity index (χ3n) is 3.22. The number of aromatic nitrogens is 1. The number of nitrogens with zero attached hydrogens (tertiary/aromatic N) is 1. The summed E-state index contributed by atoms with van der Waals surface area (Å²) in [7, 11) is 0. The summed E-state index contributed by atoms with van der Waals surface area (Å²) >= 11 is 3.38. The lowest BCUT2D eigenvalue weighted by Crippen LogP contribution is -2.20. The van der Waals surface area contributed by atoms with E-state index in [0.29, 0.717) is 12.7 Å². The molecule has 0 unspecified atom stereocenters. The fraction of sp³-hybridized carbons (Fsp3) is 0.615. The maximum Gasteiger partial charge on any atom is 0.0891 e. The summed E-state index contributed by atoms with van der Waals surface area (Å²) in [4.78, 5) is 4.31. The summed E-state index contributed by atoms with van der Waals surface area (Å²) in [6, 6.07) is 4.02. The van der Waals surface area contributed by atoms with Crippen molar-refractivity contribution in [3.63, 3.8) is 0 Å². The normalized spacial score (nSPS) is 25.6. The Bertz CT molecular complexity index is 317. The first kappa shape index (κ1) is 12.1. The molecule has 0 bridgehead atoms. The predicted octanol–water partition coefficient (Wildman–Crippen LogP) is 3.94. The Labute approximate surface area is 106 Å². The van der Waals surface area contributed by atoms with Gasteiger partial charge in [-0.05, 0) is 59.7 Å². The van der Waals surface area contributed by atoms with Crippen LogP contribution in [0.5, 0.6) is 0 Å². The van der Waals surface area contributed by atoms with Crippen LogP contribution in [0.15, 0.2) is 22.8 Å². The van der Waals surface area contributed by atoms with Crippen molar-refractivity contribution >= 4 is 15.9 Å². The summed E-state index contributed by atoms with van der Waals surface area (Å²) in [5.41, 5.74) is 1.02. The van der Waals surface area contributed by atoms with Gasteiger partial charge in [0.2, 0.25) is 0 Å². The van der Waals surface area contributed by atoms with E-state index >= 15 is 0 Å². The van der Waals surface area contributed by atoms with Gasteiger partial charge in [0.1, 0.15) is 0 Å². The average Bonchev–Trinajstić information content (AvgIpc) is 2.30. The van der Waals surface area contributed by atoms with Gasteiger partial charge in [0.05, 0.1) is 18.4 Å². The summed E-state index contributed by atoms with van der Waals surface area (Å²) in [5, 5.41) is 0. The molecule has 0 saturated heterocycles. The molecule has 1 aromatic heterocycles. The first-order chi connectivity index (χ1) is 7.74. The Morgan fingerprint density at radius 3 is 2.69 bits per heavy atom. The first-order valence-electron chi connectivity index (χ1n) is 5.96. The lowest BCUT2D eigenvalue weighted by atomic mass is 9.89. The number of hydrogen-bond acceptors (Lipinski definition) is 2. The maximum atomic E-state index is 5.88. The van der Waals surface area contributed by atoms with Gasteiger partial charge in [0.15, 0.2) is 0 Å². The fourth-order valence-electron chi connectivity index (χ4n) is 2.09. The van der Waals surface area contributed by atoms with Crippen molar-refractivity contribution in [1.82, 2.24) is 4.98 Å². The van der Waals surface area contributed by atoms with E-state index in [4.69, 9.17) is 4.74 Å². The third kappa shape index (κ3) is 3.56. The lowest BCUT2D eigenvalue weighted by molar-refractivity contribution is 0.00727. The quantitative estimate of drug-likeness (QED) is 0.838. The van der Waals surface area contributed by atoms with E-state index in [9.17, 15) is 0 Å². The minimum atomic E-state index is 0.446. The van der Waals surface area contributed by atoms with E-state index in [1.165, 1.54) is 25.7 Å². The monoisotopic (exact) mass is 283 g/mol. The molecule has 3 heteroatoms. The van der Waals surface area contributed by atoms with E-state index < -0.39 is 0 Å². The molecule has 2 rings (SSSR count). The fourth-order valence-corrected chi connectivity index (χ4v) is 2.33. The molecule has 0 N–H and O–H groups in total. The molecular weight excluding hydrogens is 266 g/mol. The number of rotatable bonds is 3. The Morgan fingerprint density at radius 2 is 2.06 bits per heavy atom. The Kier molecular flexibility index (Phi) is 4.36. The van der Waals surface area contributed by atoms with E-state index in [1.807, 2.05) is 18.3 Å². The topological polar surface area (TPSA) is 22.1 Å². The van der Waals surface area contributed by atoms with Crippen molar-refractivity contribution in [3.05, 3.63) is 28.5 Å². The van der Waals surface area contributed by atoms with Crippen LogP contribution < -0.4 is 0 Å². The SMILES string of the molecule is CC1CCC(OCc2ccc(Br)cn2)CC1. The highest BCUT2D eigenvalue weighted by Gasteiger charge is 2.18. The summed E-state index contributed by atoms with van der Waals surface area (Å²) in [6.45, 7) is 2.97. The first-order valence-corrected chi connectivity index (χ1v) is 6.75. The zero-order valence-corrected chi connectivity index (χ0v) is 11.2. The van der Waals surface area contributed by atoms with E-state index in [0.717, 1.165) is 16.1 Å². The van der Waals surface area contributed by atoms with Gasteiger partial charge in [0.25, 0.3) is 0 Å². The zero-order valence-electron chi connectivity index (χ0n) is 9.66. The molecule has 2 nitrogen and oxygen atoms in total. The molecule has 0 aliphatic heterocycles. The van der Waals surface area contributed by atoms with Crippen LogP contribution in [-0.4, -0.2) is 11.1 Å². The Hall–Kier alpha value is -0.410. The van der Waals surface area contributed by atoms with Crippen molar-refractivity contribution in [3.8, 4) is 0 Å². The summed E-state index contributed by atoms with van der Waals surface area (Å²) in [6.07, 6.45) is 7.29. The van der Waals surface area contributed by atoms with Crippen LogP contribution in [0.4, 0.5) is 0 Å². The standard InChI is InChI=1S/C13H18BrNO/c1-10-2-6-13(7-3-10)16-9-12-5-4-11(14)8-15-12/h4-5,8,10,13H,2-3,6-7,9H2,1H3. The number of hydrogen-bond donors (Lipinski definition) is 0. The molecule has 16 heavy (non-hydrogen) atoms. The number of halogens is 1. The molecule has 0 atom stereocenters. The van der Waals surface area contributed by atoms with Crippen LogP contribution in [0.25, 0.3) is 0 Å². The molecule has 1 fully saturated rings. The molecule has 1 aliphatic rings. The molecule has 0 radical (unpaired) electrons. The van der Waals surface area contributed by atoms with Gasteiger partial charge in [-0.15, -0.1) is 0 Å². The van der Waals surface area contributed by atoms with Crippen molar-refractivity contribution in [1.29, 1.82) is 0 Å². The van der Waals surface area contributed by atoms with Crippen molar-refractivity contribution in [2.75, 3.05) is 0 Å². The molecule has 0 spiro atoms. The van der Waals surface area contributed by atoms with Crippen LogP contribution in [0, 0.1) is 5.92 Å². The van der Waals surface area contributed by atoms with Gasteiger partial charge in [-0.2, -0.15) is 0 Å². The summed E-state index contributed by atoms with van der Waals surface area (Å²) < 4.78 is 6.90. The van der Waals surface area contributed by atoms with Crippen LogP contribution in [0.2, 0.25) is 0 Å². The van der Waals surface area contributed by atoms with E-state index in [-0.39, 0.29) is 0 Å². The van der Waals surface area contributed by atoms with Crippen molar-refractivity contribution in [2.24, 2.45) is 5.92 Å². The van der Waals surface area contributed by atoms with Gasteiger partial charge >= 0.3 is 0 Å². The molecule has 1 aromatic rings. The molecule has 0 amide bonds. The van der Waals surface area contributed by atoms with Crippen molar-refractivity contribution in [2.45, 2.75) is 45.3 Å². The molecule has 1 saturated carbocycles.